The highest BCUT2D eigenvalue weighted by atomic mass is 32.2. The van der Waals surface area contributed by atoms with E-state index in [0.29, 0.717) is 0 Å². The number of thioether (sulfide) groups is 1. The zero-order chi connectivity index (χ0) is 11.8. The van der Waals surface area contributed by atoms with Gasteiger partial charge in [0.05, 0.1) is 0 Å². The van der Waals surface area contributed by atoms with Crippen molar-refractivity contribution in [1.29, 1.82) is 0 Å². The fraction of sp³-hybridized carbons (Fsp3) is 0.600. The smallest absolute Gasteiger partial charge is 0.0263 e. The van der Waals surface area contributed by atoms with Crippen molar-refractivity contribution in [2.24, 2.45) is 11.8 Å². The third-order valence-corrected chi connectivity index (χ3v) is 5.35. The van der Waals surface area contributed by atoms with Gasteiger partial charge in [0, 0.05) is 23.2 Å². The van der Waals surface area contributed by atoms with Crippen LogP contribution >= 0.6 is 11.8 Å². The zero-order valence-electron chi connectivity index (χ0n) is 10.7. The third kappa shape index (κ3) is 2.69. The summed E-state index contributed by atoms with van der Waals surface area (Å²) in [7, 11) is 2.29. The van der Waals surface area contributed by atoms with E-state index >= 15 is 0 Å². The van der Waals surface area contributed by atoms with Gasteiger partial charge in [-0.1, -0.05) is 25.1 Å². The fourth-order valence-electron chi connectivity index (χ4n) is 2.83. The van der Waals surface area contributed by atoms with Gasteiger partial charge in [-0.2, -0.15) is 0 Å². The maximum atomic E-state index is 2.54. The first kappa shape index (κ1) is 11.6. The Morgan fingerprint density at radius 3 is 2.76 bits per heavy atom. The van der Waals surface area contributed by atoms with Gasteiger partial charge in [0.2, 0.25) is 0 Å². The molecule has 3 unspecified atom stereocenters. The van der Waals surface area contributed by atoms with Crippen molar-refractivity contribution in [2.45, 2.75) is 29.9 Å². The second-order valence-electron chi connectivity index (χ2n) is 5.75. The second kappa shape index (κ2) is 4.66. The summed E-state index contributed by atoms with van der Waals surface area (Å²) in [5, 5.41) is 0.770. The van der Waals surface area contributed by atoms with E-state index in [4.69, 9.17) is 0 Å². The molecule has 2 heteroatoms. The molecule has 1 heterocycles. The summed E-state index contributed by atoms with van der Waals surface area (Å²) < 4.78 is 0. The van der Waals surface area contributed by atoms with E-state index in [2.05, 4.69) is 54.9 Å². The van der Waals surface area contributed by atoms with E-state index in [1.807, 2.05) is 0 Å². The van der Waals surface area contributed by atoms with Crippen molar-refractivity contribution >= 4 is 11.8 Å². The lowest BCUT2D eigenvalue weighted by Crippen LogP contribution is -2.29. The predicted molar refractivity (Wildman–Crippen MR) is 74.6 cm³/mol. The Kier molecular flexibility index (Phi) is 3.18. The van der Waals surface area contributed by atoms with Crippen molar-refractivity contribution < 1.29 is 0 Å². The van der Waals surface area contributed by atoms with Gasteiger partial charge in [-0.25, -0.2) is 0 Å². The normalized spacial score (nSPS) is 30.6. The first-order valence-electron chi connectivity index (χ1n) is 6.65. The molecule has 0 aromatic heterocycles. The van der Waals surface area contributed by atoms with Crippen LogP contribution in [0.4, 0.5) is 0 Å². The van der Waals surface area contributed by atoms with Gasteiger partial charge in [-0.3, -0.25) is 0 Å². The molecule has 0 spiro atoms. The monoisotopic (exact) mass is 247 g/mol. The third-order valence-electron chi connectivity index (χ3n) is 4.05. The molecule has 17 heavy (non-hydrogen) atoms. The topological polar surface area (TPSA) is 3.24 Å². The van der Waals surface area contributed by atoms with E-state index in [-0.39, 0.29) is 0 Å². The van der Waals surface area contributed by atoms with Crippen molar-refractivity contribution in [3.05, 3.63) is 29.8 Å². The van der Waals surface area contributed by atoms with Crippen LogP contribution in [0.5, 0.6) is 0 Å². The number of fused-ring (bicyclic) bond motifs is 1. The maximum absolute atomic E-state index is 2.54. The SMILES string of the molecule is CC1CC1CN(C)CC1Cc2ccccc2S1. The van der Waals surface area contributed by atoms with E-state index in [9.17, 15) is 0 Å². The molecule has 0 bridgehead atoms. The van der Waals surface area contributed by atoms with Crippen LogP contribution in [-0.4, -0.2) is 30.3 Å². The standard InChI is InChI=1S/C15H21NS/c1-11-7-13(11)9-16(2)10-14-8-12-5-3-4-6-15(12)17-14/h3-6,11,13-14H,7-10H2,1-2H3. The van der Waals surface area contributed by atoms with Crippen LogP contribution < -0.4 is 0 Å². The Hall–Kier alpha value is -0.470. The Balaban J connectivity index is 1.51. The minimum Gasteiger partial charge on any atom is -0.305 e. The van der Waals surface area contributed by atoms with Gasteiger partial charge >= 0.3 is 0 Å². The van der Waals surface area contributed by atoms with Crippen LogP contribution in [0.15, 0.2) is 29.2 Å². The molecule has 0 N–H and O–H groups in total. The molecule has 0 amide bonds. The predicted octanol–water partition coefficient (Wildman–Crippen LogP) is 3.29. The van der Waals surface area contributed by atoms with Gasteiger partial charge in [-0.15, -0.1) is 11.8 Å². The molecule has 3 atom stereocenters. The number of nitrogens with zero attached hydrogens (tertiary/aromatic N) is 1. The van der Waals surface area contributed by atoms with Crippen LogP contribution in [0, 0.1) is 11.8 Å². The summed E-state index contributed by atoms with van der Waals surface area (Å²) in [6, 6.07) is 8.87. The molecule has 2 aliphatic rings. The second-order valence-corrected chi connectivity index (χ2v) is 7.09. The average molecular weight is 247 g/mol. The van der Waals surface area contributed by atoms with E-state index < -0.39 is 0 Å². The Morgan fingerprint density at radius 2 is 2.06 bits per heavy atom. The van der Waals surface area contributed by atoms with E-state index in [1.54, 1.807) is 5.56 Å². The van der Waals surface area contributed by atoms with E-state index in [0.717, 1.165) is 17.1 Å². The van der Waals surface area contributed by atoms with Crippen molar-refractivity contribution in [3.63, 3.8) is 0 Å². The summed E-state index contributed by atoms with van der Waals surface area (Å²) in [4.78, 5) is 4.04. The number of rotatable bonds is 4. The van der Waals surface area contributed by atoms with Crippen LogP contribution in [0.3, 0.4) is 0 Å². The molecule has 92 valence electrons. The molecule has 0 saturated heterocycles. The molecule has 1 saturated carbocycles. The van der Waals surface area contributed by atoms with Gasteiger partial charge in [0.15, 0.2) is 0 Å². The molecule has 1 fully saturated rings. The lowest BCUT2D eigenvalue weighted by atomic mass is 10.1. The molecule has 1 aromatic carbocycles. The summed E-state index contributed by atoms with van der Waals surface area (Å²) in [5.74, 6) is 1.96. The minimum absolute atomic E-state index is 0.770. The summed E-state index contributed by atoms with van der Waals surface area (Å²) in [6.07, 6.45) is 2.70. The zero-order valence-corrected chi connectivity index (χ0v) is 11.5. The maximum Gasteiger partial charge on any atom is 0.0263 e. The minimum atomic E-state index is 0.770. The lowest BCUT2D eigenvalue weighted by Gasteiger charge is -2.20. The number of hydrogen-bond acceptors (Lipinski definition) is 2. The molecule has 0 radical (unpaired) electrons. The molecule has 1 aromatic rings. The quantitative estimate of drug-likeness (QED) is 0.803. The van der Waals surface area contributed by atoms with Crippen molar-refractivity contribution in [3.8, 4) is 0 Å². The molecule has 1 nitrogen and oxygen atoms in total. The first-order chi connectivity index (χ1) is 8.22. The van der Waals surface area contributed by atoms with Crippen LogP contribution in [0.25, 0.3) is 0 Å². The van der Waals surface area contributed by atoms with Crippen molar-refractivity contribution in [2.75, 3.05) is 20.1 Å². The molecule has 1 aliphatic heterocycles. The molecular formula is C15H21NS. The lowest BCUT2D eigenvalue weighted by molar-refractivity contribution is 0.316. The molecule has 1 aliphatic carbocycles. The molecular weight excluding hydrogens is 226 g/mol. The highest BCUT2D eigenvalue weighted by molar-refractivity contribution is 8.00. The van der Waals surface area contributed by atoms with Crippen LogP contribution in [0.1, 0.15) is 18.9 Å². The Bertz CT molecular complexity index is 379. The van der Waals surface area contributed by atoms with Crippen molar-refractivity contribution in [1.82, 2.24) is 4.90 Å². The fourth-order valence-corrected chi connectivity index (χ4v) is 4.24. The largest absolute Gasteiger partial charge is 0.305 e. The van der Waals surface area contributed by atoms with Crippen LogP contribution in [0.2, 0.25) is 0 Å². The Labute approximate surface area is 109 Å². The highest BCUT2D eigenvalue weighted by Crippen LogP contribution is 2.39. The number of benzene rings is 1. The summed E-state index contributed by atoms with van der Waals surface area (Å²) >= 11 is 2.07. The summed E-state index contributed by atoms with van der Waals surface area (Å²) in [6.45, 7) is 4.91. The average Bonchev–Trinajstić information content (AvgIpc) is 2.84. The first-order valence-corrected chi connectivity index (χ1v) is 7.53. The van der Waals surface area contributed by atoms with E-state index in [1.165, 1.54) is 30.8 Å². The number of hydrogen-bond donors (Lipinski definition) is 0. The van der Waals surface area contributed by atoms with Gasteiger partial charge in [-0.05, 0) is 43.4 Å². The van der Waals surface area contributed by atoms with Crippen LogP contribution in [-0.2, 0) is 6.42 Å². The van der Waals surface area contributed by atoms with Gasteiger partial charge < -0.3 is 4.90 Å². The Morgan fingerprint density at radius 1 is 1.29 bits per heavy atom. The van der Waals surface area contributed by atoms with Gasteiger partial charge in [0.1, 0.15) is 0 Å². The van der Waals surface area contributed by atoms with Gasteiger partial charge in [0.25, 0.3) is 0 Å². The molecule has 3 rings (SSSR count). The highest BCUT2D eigenvalue weighted by Gasteiger charge is 2.33. The summed E-state index contributed by atoms with van der Waals surface area (Å²) in [5.41, 5.74) is 1.55.